The molecule has 1 rings (SSSR count). The van der Waals surface area contributed by atoms with Gasteiger partial charge in [0.1, 0.15) is 0 Å². The summed E-state index contributed by atoms with van der Waals surface area (Å²) < 4.78 is 0. The number of hydrogen-bond acceptors (Lipinski definition) is 4. The van der Waals surface area contributed by atoms with Crippen molar-refractivity contribution in [2.24, 2.45) is 0 Å². The quantitative estimate of drug-likeness (QED) is 0.670. The van der Waals surface area contributed by atoms with Crippen LogP contribution in [0.5, 0.6) is 0 Å². The molecule has 1 fully saturated rings. The van der Waals surface area contributed by atoms with Gasteiger partial charge in [0, 0.05) is 6.42 Å². The zero-order valence-electron chi connectivity index (χ0n) is 7.15. The van der Waals surface area contributed by atoms with Crippen LogP contribution in [0, 0.1) is 0 Å². The van der Waals surface area contributed by atoms with E-state index in [0.29, 0.717) is 18.5 Å². The van der Waals surface area contributed by atoms with Crippen molar-refractivity contribution in [1.82, 2.24) is 5.06 Å². The molecule has 0 bridgehead atoms. The minimum atomic E-state index is -0.626. The van der Waals surface area contributed by atoms with Crippen molar-refractivity contribution in [3.63, 3.8) is 0 Å². The van der Waals surface area contributed by atoms with E-state index in [-0.39, 0.29) is 18.9 Å². The van der Waals surface area contributed by atoms with Gasteiger partial charge in [-0.15, -0.1) is 5.06 Å². The first-order valence-electron chi connectivity index (χ1n) is 3.97. The topological polar surface area (TPSA) is 66.8 Å². The Balaban J connectivity index is 2.48. The average Bonchev–Trinajstić information content (AvgIpc) is 2.36. The van der Waals surface area contributed by atoms with Crippen LogP contribution in [0.25, 0.3) is 0 Å². The summed E-state index contributed by atoms with van der Waals surface area (Å²) in [6.07, 6.45) is 0.730. The van der Waals surface area contributed by atoms with Crippen LogP contribution in [0.2, 0.25) is 0 Å². The maximum Gasteiger partial charge on any atom is 0.335 e. The van der Waals surface area contributed by atoms with Crippen LogP contribution in [-0.4, -0.2) is 28.7 Å². The molecule has 0 aromatic rings. The normalized spacial score (nSPS) is 16.5. The zero-order chi connectivity index (χ0) is 9.84. The summed E-state index contributed by atoms with van der Waals surface area (Å²) in [6.45, 7) is 3.28. The third-order valence-corrected chi connectivity index (χ3v) is 1.65. The summed E-state index contributed by atoms with van der Waals surface area (Å²) in [6, 6.07) is 0. The number of carbonyl (C=O) groups is 2. The van der Waals surface area contributed by atoms with E-state index in [0.717, 1.165) is 5.06 Å². The van der Waals surface area contributed by atoms with Gasteiger partial charge >= 0.3 is 5.97 Å². The monoisotopic (exact) mass is 185 g/mol. The Morgan fingerprint density at radius 2 is 2.31 bits per heavy atom. The molecular formula is C8H11NO4. The Labute approximate surface area is 75.5 Å². The molecule has 0 aromatic heterocycles. The van der Waals surface area contributed by atoms with Crippen molar-refractivity contribution < 1.29 is 19.5 Å². The minimum absolute atomic E-state index is 0.114. The molecule has 72 valence electrons. The lowest BCUT2D eigenvalue weighted by Crippen LogP contribution is -2.27. The van der Waals surface area contributed by atoms with Crippen LogP contribution in [0.3, 0.4) is 0 Å². The Kier molecular flexibility index (Phi) is 3.02. The minimum Gasteiger partial charge on any atom is -0.396 e. The first-order valence-corrected chi connectivity index (χ1v) is 3.97. The molecule has 1 aliphatic rings. The second-order valence-corrected chi connectivity index (χ2v) is 2.69. The van der Waals surface area contributed by atoms with Gasteiger partial charge in [-0.1, -0.05) is 6.58 Å². The molecule has 0 atom stereocenters. The largest absolute Gasteiger partial charge is 0.396 e. The van der Waals surface area contributed by atoms with Crippen LogP contribution in [-0.2, 0) is 14.4 Å². The molecule has 1 amide bonds. The number of carbonyl (C=O) groups excluding carboxylic acids is 2. The predicted molar refractivity (Wildman–Crippen MR) is 43.0 cm³/mol. The fourth-order valence-electron chi connectivity index (χ4n) is 0.985. The highest BCUT2D eigenvalue weighted by Gasteiger charge is 2.27. The smallest absolute Gasteiger partial charge is 0.335 e. The number of rotatable bonds is 3. The lowest BCUT2D eigenvalue weighted by Gasteiger charge is -2.14. The fourth-order valence-corrected chi connectivity index (χ4v) is 0.985. The van der Waals surface area contributed by atoms with Gasteiger partial charge in [-0.25, -0.2) is 4.79 Å². The van der Waals surface area contributed by atoms with E-state index in [1.54, 1.807) is 0 Å². The number of hydroxylamine groups is 2. The van der Waals surface area contributed by atoms with E-state index in [4.69, 9.17) is 5.11 Å². The van der Waals surface area contributed by atoms with E-state index in [1.165, 1.54) is 0 Å². The molecule has 0 aliphatic carbocycles. The van der Waals surface area contributed by atoms with Crippen LogP contribution < -0.4 is 0 Å². The lowest BCUT2D eigenvalue weighted by atomic mass is 10.3. The Morgan fingerprint density at radius 3 is 2.77 bits per heavy atom. The van der Waals surface area contributed by atoms with Crippen LogP contribution >= 0.6 is 0 Å². The number of aliphatic hydroxyl groups excluding tert-OH is 1. The molecular weight excluding hydrogens is 174 g/mol. The van der Waals surface area contributed by atoms with E-state index < -0.39 is 5.97 Å². The van der Waals surface area contributed by atoms with Gasteiger partial charge in [0.15, 0.2) is 0 Å². The predicted octanol–water partition coefficient (Wildman–Crippen LogP) is -0.0369. The molecule has 0 radical (unpaired) electrons. The third-order valence-electron chi connectivity index (χ3n) is 1.65. The van der Waals surface area contributed by atoms with Crippen molar-refractivity contribution in [2.45, 2.75) is 19.3 Å². The number of amides is 1. The molecule has 5 nitrogen and oxygen atoms in total. The Morgan fingerprint density at radius 1 is 1.62 bits per heavy atom. The van der Waals surface area contributed by atoms with Gasteiger partial charge in [0.05, 0.1) is 18.7 Å². The van der Waals surface area contributed by atoms with E-state index in [2.05, 4.69) is 11.4 Å². The molecule has 0 aromatic carbocycles. The second-order valence-electron chi connectivity index (χ2n) is 2.69. The van der Waals surface area contributed by atoms with Gasteiger partial charge in [-0.05, 0) is 6.42 Å². The highest BCUT2D eigenvalue weighted by Crippen LogP contribution is 2.20. The molecule has 0 spiro atoms. The fraction of sp³-hybridized carbons (Fsp3) is 0.500. The molecule has 0 saturated carbocycles. The number of hydrogen-bond donors (Lipinski definition) is 1. The summed E-state index contributed by atoms with van der Waals surface area (Å²) in [5, 5.41) is 9.32. The van der Waals surface area contributed by atoms with Crippen molar-refractivity contribution in [1.29, 1.82) is 0 Å². The third kappa shape index (κ3) is 2.29. The van der Waals surface area contributed by atoms with Gasteiger partial charge in [0.2, 0.25) is 0 Å². The van der Waals surface area contributed by atoms with Crippen molar-refractivity contribution in [3.8, 4) is 0 Å². The van der Waals surface area contributed by atoms with E-state index in [1.807, 2.05) is 0 Å². The zero-order valence-corrected chi connectivity index (χ0v) is 7.15. The maximum absolute atomic E-state index is 11.0. The number of aliphatic hydroxyl groups is 1. The summed E-state index contributed by atoms with van der Waals surface area (Å²) in [5.41, 5.74) is 0.483. The SMILES string of the molecule is C=C1CCC(=O)N1OC(=O)CCO. The van der Waals surface area contributed by atoms with E-state index >= 15 is 0 Å². The number of allylic oxidation sites excluding steroid dienone is 1. The molecule has 1 heterocycles. The Hall–Kier alpha value is -1.36. The van der Waals surface area contributed by atoms with Gasteiger partial charge < -0.3 is 9.94 Å². The van der Waals surface area contributed by atoms with Crippen molar-refractivity contribution in [3.05, 3.63) is 12.3 Å². The van der Waals surface area contributed by atoms with E-state index in [9.17, 15) is 9.59 Å². The summed E-state index contributed by atoms with van der Waals surface area (Å²) in [4.78, 5) is 26.6. The number of nitrogens with zero attached hydrogens (tertiary/aromatic N) is 1. The first-order chi connectivity index (χ1) is 6.15. The highest BCUT2D eigenvalue weighted by molar-refractivity contribution is 5.82. The molecule has 1 saturated heterocycles. The van der Waals surface area contributed by atoms with Gasteiger partial charge in [0.25, 0.3) is 5.91 Å². The summed E-state index contributed by atoms with van der Waals surface area (Å²) >= 11 is 0. The van der Waals surface area contributed by atoms with Crippen LogP contribution in [0.4, 0.5) is 0 Å². The van der Waals surface area contributed by atoms with Gasteiger partial charge in [-0.3, -0.25) is 4.79 Å². The van der Waals surface area contributed by atoms with Crippen molar-refractivity contribution >= 4 is 11.9 Å². The molecule has 0 unspecified atom stereocenters. The van der Waals surface area contributed by atoms with Gasteiger partial charge in [-0.2, -0.15) is 0 Å². The summed E-state index contributed by atoms with van der Waals surface area (Å²) in [5.74, 6) is -0.893. The molecule has 5 heteroatoms. The average molecular weight is 185 g/mol. The maximum atomic E-state index is 11.0. The van der Waals surface area contributed by atoms with Crippen LogP contribution in [0.1, 0.15) is 19.3 Å². The molecule has 1 N–H and O–H groups in total. The van der Waals surface area contributed by atoms with Crippen molar-refractivity contribution in [2.75, 3.05) is 6.61 Å². The lowest BCUT2D eigenvalue weighted by molar-refractivity contribution is -0.187. The molecule has 13 heavy (non-hydrogen) atoms. The Bertz CT molecular complexity index is 233. The highest BCUT2D eigenvalue weighted by atomic mass is 16.7. The first kappa shape index (κ1) is 9.73. The second kappa shape index (κ2) is 4.04. The van der Waals surface area contributed by atoms with Crippen LogP contribution in [0.15, 0.2) is 12.3 Å². The standard InChI is InChI=1S/C8H11NO4/c1-6-2-3-7(11)9(6)13-8(12)4-5-10/h10H,1-5H2. The summed E-state index contributed by atoms with van der Waals surface area (Å²) in [7, 11) is 0. The molecule has 1 aliphatic heterocycles.